The Labute approximate surface area is 133 Å². The second-order valence-electron chi connectivity index (χ2n) is 6.19. The molecule has 1 aromatic rings. The number of benzene rings is 1. The summed E-state index contributed by atoms with van der Waals surface area (Å²) in [5.41, 5.74) is 0.891. The molecule has 1 aromatic carbocycles. The minimum atomic E-state index is -0.910. The molecule has 1 amide bonds. The highest BCUT2D eigenvalue weighted by Gasteiger charge is 2.46. The van der Waals surface area contributed by atoms with Gasteiger partial charge in [-0.25, -0.2) is 4.39 Å². The molecular formula is C17H18FNO4. The van der Waals surface area contributed by atoms with Crippen molar-refractivity contribution in [2.24, 2.45) is 11.8 Å². The molecule has 0 radical (unpaired) electrons. The molecule has 4 atom stereocenters. The smallest absolute Gasteiger partial charge is 0.318 e. The van der Waals surface area contributed by atoms with Crippen LogP contribution in [-0.2, 0) is 19.1 Å². The van der Waals surface area contributed by atoms with Crippen LogP contribution < -0.4 is 5.32 Å². The summed E-state index contributed by atoms with van der Waals surface area (Å²) in [7, 11) is 1.23. The Morgan fingerprint density at radius 1 is 1.22 bits per heavy atom. The first-order valence-corrected chi connectivity index (χ1v) is 7.66. The van der Waals surface area contributed by atoms with Crippen molar-refractivity contribution in [2.45, 2.75) is 31.2 Å². The minimum Gasteiger partial charge on any atom is -0.468 e. The number of esters is 1. The molecule has 0 bridgehead atoms. The Bertz CT molecular complexity index is 642. The molecule has 1 aliphatic carbocycles. The fourth-order valence-corrected chi connectivity index (χ4v) is 3.61. The Morgan fingerprint density at radius 3 is 2.57 bits per heavy atom. The van der Waals surface area contributed by atoms with Crippen LogP contribution in [-0.4, -0.2) is 30.8 Å². The van der Waals surface area contributed by atoms with E-state index in [9.17, 15) is 18.8 Å². The lowest BCUT2D eigenvalue weighted by atomic mass is 9.69. The zero-order valence-electron chi connectivity index (χ0n) is 12.8. The van der Waals surface area contributed by atoms with Crippen molar-refractivity contribution in [1.29, 1.82) is 0 Å². The van der Waals surface area contributed by atoms with Gasteiger partial charge >= 0.3 is 5.97 Å². The van der Waals surface area contributed by atoms with Crippen molar-refractivity contribution in [3.63, 3.8) is 0 Å². The zero-order chi connectivity index (χ0) is 16.6. The van der Waals surface area contributed by atoms with Gasteiger partial charge in [-0.05, 0) is 36.5 Å². The van der Waals surface area contributed by atoms with Crippen molar-refractivity contribution in [2.75, 3.05) is 7.11 Å². The van der Waals surface area contributed by atoms with Crippen LogP contribution in [0.25, 0.3) is 0 Å². The molecule has 122 valence electrons. The zero-order valence-corrected chi connectivity index (χ0v) is 12.8. The number of ketones is 1. The normalized spacial score (nSPS) is 30.3. The van der Waals surface area contributed by atoms with E-state index >= 15 is 0 Å². The summed E-state index contributed by atoms with van der Waals surface area (Å²) < 4.78 is 17.7. The molecule has 23 heavy (non-hydrogen) atoms. The van der Waals surface area contributed by atoms with Gasteiger partial charge in [-0.1, -0.05) is 12.1 Å². The predicted molar refractivity (Wildman–Crippen MR) is 78.9 cm³/mol. The van der Waals surface area contributed by atoms with E-state index in [0.717, 1.165) is 5.56 Å². The van der Waals surface area contributed by atoms with E-state index in [-0.39, 0.29) is 41.8 Å². The van der Waals surface area contributed by atoms with E-state index in [1.807, 2.05) is 0 Å². The van der Waals surface area contributed by atoms with E-state index in [2.05, 4.69) is 10.1 Å². The minimum absolute atomic E-state index is 0.0319. The maximum Gasteiger partial charge on any atom is 0.318 e. The first-order chi connectivity index (χ1) is 11.0. The number of nitrogens with one attached hydrogen (secondary N) is 1. The molecular weight excluding hydrogens is 301 g/mol. The maximum absolute atomic E-state index is 13.0. The lowest BCUT2D eigenvalue weighted by molar-refractivity contribution is -0.154. The first-order valence-electron chi connectivity index (χ1n) is 7.66. The number of amides is 1. The van der Waals surface area contributed by atoms with E-state index < -0.39 is 11.9 Å². The number of rotatable bonds is 2. The Kier molecular flexibility index (Phi) is 4.15. The molecule has 0 spiro atoms. The fourth-order valence-electron chi connectivity index (χ4n) is 3.61. The van der Waals surface area contributed by atoms with Crippen LogP contribution in [0.3, 0.4) is 0 Å². The number of hydrogen-bond acceptors (Lipinski definition) is 4. The topological polar surface area (TPSA) is 72.5 Å². The largest absolute Gasteiger partial charge is 0.468 e. The molecule has 1 saturated heterocycles. The van der Waals surface area contributed by atoms with Crippen molar-refractivity contribution in [3.05, 3.63) is 35.6 Å². The highest BCUT2D eigenvalue weighted by Crippen LogP contribution is 2.38. The third-order valence-corrected chi connectivity index (χ3v) is 4.85. The van der Waals surface area contributed by atoms with Crippen LogP contribution in [0.2, 0.25) is 0 Å². The van der Waals surface area contributed by atoms with Gasteiger partial charge in [0.05, 0.1) is 7.11 Å². The van der Waals surface area contributed by atoms with Crippen molar-refractivity contribution in [1.82, 2.24) is 5.32 Å². The molecule has 3 rings (SSSR count). The summed E-state index contributed by atoms with van der Waals surface area (Å²) in [5.74, 6) is -2.58. The predicted octanol–water partition coefficient (Wildman–Crippen LogP) is 1.57. The van der Waals surface area contributed by atoms with Crippen molar-refractivity contribution in [3.8, 4) is 0 Å². The highest BCUT2D eigenvalue weighted by molar-refractivity contribution is 6.00. The third-order valence-electron chi connectivity index (χ3n) is 4.85. The van der Waals surface area contributed by atoms with Crippen molar-refractivity contribution >= 4 is 17.7 Å². The number of ether oxygens (including phenoxy) is 1. The van der Waals surface area contributed by atoms with Gasteiger partial charge < -0.3 is 10.1 Å². The molecule has 1 heterocycles. The van der Waals surface area contributed by atoms with Gasteiger partial charge in [0.1, 0.15) is 17.5 Å². The van der Waals surface area contributed by atoms with E-state index in [0.29, 0.717) is 12.8 Å². The molecule has 1 aliphatic heterocycles. The number of Topliss-reactive ketones (excluding diaryl/α,β-unsaturated/α-hetero) is 1. The summed E-state index contributed by atoms with van der Waals surface area (Å²) in [6.07, 6.45) is 1.16. The Balaban J connectivity index is 1.77. The standard InChI is InChI=1S/C17H18FNO4/c1-23-17(22)13-8-12-14(19-16(13)21)6-10(7-15(12)20)9-2-4-11(18)5-3-9/h2-5,10,12-14H,6-8H2,1H3,(H,19,21). The molecule has 5 nitrogen and oxygen atoms in total. The van der Waals surface area contributed by atoms with Gasteiger partial charge in [0, 0.05) is 18.4 Å². The summed E-state index contributed by atoms with van der Waals surface area (Å²) >= 11 is 0. The van der Waals surface area contributed by atoms with E-state index in [4.69, 9.17) is 0 Å². The number of hydrogen-bond donors (Lipinski definition) is 1. The van der Waals surface area contributed by atoms with Gasteiger partial charge in [-0.2, -0.15) is 0 Å². The molecule has 6 heteroatoms. The number of fused-ring (bicyclic) bond motifs is 1. The second-order valence-corrected chi connectivity index (χ2v) is 6.19. The van der Waals surface area contributed by atoms with Crippen LogP contribution in [0, 0.1) is 17.7 Å². The summed E-state index contributed by atoms with van der Waals surface area (Å²) in [6, 6.07) is 5.82. The van der Waals surface area contributed by atoms with Gasteiger partial charge in [-0.15, -0.1) is 0 Å². The van der Waals surface area contributed by atoms with E-state index in [1.54, 1.807) is 12.1 Å². The fraction of sp³-hybridized carbons (Fsp3) is 0.471. The van der Waals surface area contributed by atoms with Gasteiger partial charge in [0.2, 0.25) is 5.91 Å². The van der Waals surface area contributed by atoms with E-state index in [1.165, 1.54) is 19.2 Å². The van der Waals surface area contributed by atoms with Gasteiger partial charge in [-0.3, -0.25) is 14.4 Å². The van der Waals surface area contributed by atoms with Crippen LogP contribution in [0.5, 0.6) is 0 Å². The van der Waals surface area contributed by atoms with Gasteiger partial charge in [0.15, 0.2) is 0 Å². The molecule has 2 fully saturated rings. The Hall–Kier alpha value is -2.24. The molecule has 2 aliphatic rings. The average molecular weight is 319 g/mol. The second kappa shape index (κ2) is 6.10. The van der Waals surface area contributed by atoms with Crippen molar-refractivity contribution < 1.29 is 23.5 Å². The molecule has 1 N–H and O–H groups in total. The van der Waals surface area contributed by atoms with Crippen LogP contribution in [0.1, 0.15) is 30.7 Å². The summed E-state index contributed by atoms with van der Waals surface area (Å²) in [6.45, 7) is 0. The lowest BCUT2D eigenvalue weighted by Gasteiger charge is -2.40. The van der Waals surface area contributed by atoms with Crippen LogP contribution >= 0.6 is 0 Å². The maximum atomic E-state index is 13.0. The number of halogens is 1. The lowest BCUT2D eigenvalue weighted by Crippen LogP contribution is -2.56. The quantitative estimate of drug-likeness (QED) is 0.663. The number of methoxy groups -OCH3 is 1. The number of carbonyl (C=O) groups is 3. The van der Waals surface area contributed by atoms with Gasteiger partial charge in [0.25, 0.3) is 0 Å². The SMILES string of the molecule is COC(=O)C1CC2C(=O)CC(c3ccc(F)cc3)CC2NC1=O. The summed E-state index contributed by atoms with van der Waals surface area (Å²) in [5, 5.41) is 2.79. The van der Waals surface area contributed by atoms with Crippen LogP contribution in [0.4, 0.5) is 4.39 Å². The number of piperidine rings is 1. The Morgan fingerprint density at radius 2 is 1.91 bits per heavy atom. The average Bonchev–Trinajstić information content (AvgIpc) is 2.54. The third kappa shape index (κ3) is 2.98. The monoisotopic (exact) mass is 319 g/mol. The first kappa shape index (κ1) is 15.6. The number of carbonyl (C=O) groups excluding carboxylic acids is 3. The summed E-state index contributed by atoms with van der Waals surface area (Å²) in [4.78, 5) is 36.2. The molecule has 1 saturated carbocycles. The van der Waals surface area contributed by atoms with Crippen LogP contribution in [0.15, 0.2) is 24.3 Å². The highest BCUT2D eigenvalue weighted by atomic mass is 19.1. The molecule has 4 unspecified atom stereocenters. The molecule has 0 aromatic heterocycles.